The maximum atomic E-state index is 11.7. The van der Waals surface area contributed by atoms with Crippen molar-refractivity contribution in [1.82, 2.24) is 5.48 Å². The normalized spacial score (nSPS) is 11.6. The summed E-state index contributed by atoms with van der Waals surface area (Å²) in [5.41, 5.74) is 2.28. The Hall–Kier alpha value is -2.02. The maximum absolute atomic E-state index is 11.7. The molecule has 0 bridgehead atoms. The average Bonchev–Trinajstić information content (AvgIpc) is 2.35. The van der Waals surface area contributed by atoms with Gasteiger partial charge in [0.15, 0.2) is 6.61 Å². The van der Waals surface area contributed by atoms with E-state index in [1.807, 2.05) is 0 Å². The molecule has 0 fully saturated rings. The highest BCUT2D eigenvalue weighted by atomic mass is 19.4. The van der Waals surface area contributed by atoms with Crippen molar-refractivity contribution in [3.8, 4) is 5.75 Å². The number of hydrogen-bond acceptors (Lipinski definition) is 3. The Bertz CT molecular complexity index is 458. The lowest BCUT2D eigenvalue weighted by molar-refractivity contribution is -0.190. The number of methoxy groups -OCH3 is 1. The van der Waals surface area contributed by atoms with Crippen LogP contribution < -0.4 is 10.2 Å². The number of hydroxylamine groups is 1. The van der Waals surface area contributed by atoms with E-state index < -0.39 is 18.7 Å². The molecule has 1 aromatic carbocycles. The van der Waals surface area contributed by atoms with E-state index >= 15 is 0 Å². The van der Waals surface area contributed by atoms with Crippen molar-refractivity contribution < 1.29 is 27.5 Å². The quantitative estimate of drug-likeness (QED) is 0.662. The summed E-state index contributed by atoms with van der Waals surface area (Å²) in [5.74, 6) is -0.252. The van der Waals surface area contributed by atoms with Gasteiger partial charge >= 0.3 is 6.18 Å². The first-order valence-electron chi connectivity index (χ1n) is 5.22. The van der Waals surface area contributed by atoms with Gasteiger partial charge in [0, 0.05) is 11.6 Å². The third kappa shape index (κ3) is 5.91. The minimum absolute atomic E-state index is 0.544. The van der Waals surface area contributed by atoms with Crippen LogP contribution in [0.4, 0.5) is 13.2 Å². The Morgan fingerprint density at radius 2 is 2.05 bits per heavy atom. The summed E-state index contributed by atoms with van der Waals surface area (Å²) in [6, 6.07) is 6.87. The summed E-state index contributed by atoms with van der Waals surface area (Å²) in [5, 5.41) is 0. The number of alkyl halides is 3. The predicted octanol–water partition coefficient (Wildman–Crippen LogP) is 2.32. The van der Waals surface area contributed by atoms with Gasteiger partial charge in [-0.2, -0.15) is 13.2 Å². The Labute approximate surface area is 107 Å². The molecule has 1 aromatic rings. The van der Waals surface area contributed by atoms with Gasteiger partial charge in [0.25, 0.3) is 5.91 Å². The van der Waals surface area contributed by atoms with Crippen molar-refractivity contribution in [3.63, 3.8) is 0 Å². The molecule has 1 rings (SSSR count). The molecule has 4 nitrogen and oxygen atoms in total. The van der Waals surface area contributed by atoms with Crippen molar-refractivity contribution in [3.05, 3.63) is 35.9 Å². The van der Waals surface area contributed by atoms with Gasteiger partial charge in [-0.05, 0) is 12.1 Å². The van der Waals surface area contributed by atoms with Crippen LogP contribution in [0.25, 0.3) is 6.08 Å². The van der Waals surface area contributed by atoms with Crippen LogP contribution in [0.1, 0.15) is 5.56 Å². The second-order valence-electron chi connectivity index (χ2n) is 3.45. The molecule has 0 aliphatic heterocycles. The molecule has 0 saturated heterocycles. The minimum atomic E-state index is -4.49. The number of amides is 1. The fourth-order valence-corrected chi connectivity index (χ4v) is 1.19. The first-order chi connectivity index (χ1) is 8.92. The van der Waals surface area contributed by atoms with Crippen molar-refractivity contribution in [1.29, 1.82) is 0 Å². The second kappa shape index (κ2) is 6.79. The molecule has 0 atom stereocenters. The molecule has 0 aromatic heterocycles. The zero-order valence-corrected chi connectivity index (χ0v) is 10.0. The third-order valence-electron chi connectivity index (χ3n) is 1.96. The summed E-state index contributed by atoms with van der Waals surface area (Å²) in [6.07, 6.45) is -2.03. The van der Waals surface area contributed by atoms with Gasteiger partial charge in [0.2, 0.25) is 0 Å². The zero-order chi connectivity index (χ0) is 14.3. The van der Waals surface area contributed by atoms with Crippen LogP contribution in [-0.2, 0) is 9.63 Å². The summed E-state index contributed by atoms with van der Waals surface area (Å²) in [7, 11) is 1.47. The molecule has 0 radical (unpaired) electrons. The van der Waals surface area contributed by atoms with Gasteiger partial charge in [-0.15, -0.1) is 0 Å². The Balaban J connectivity index is 2.50. The van der Waals surface area contributed by atoms with E-state index in [4.69, 9.17) is 4.74 Å². The zero-order valence-electron chi connectivity index (χ0n) is 10.0. The van der Waals surface area contributed by atoms with Crippen LogP contribution in [0.2, 0.25) is 0 Å². The first-order valence-corrected chi connectivity index (χ1v) is 5.22. The standard InChI is InChI=1S/C12H12F3NO3/c1-18-10-5-3-2-4-9(10)6-7-11(17)16-19-8-12(13,14)15/h2-7H,8H2,1H3,(H,16,17)/b7-6+. The summed E-state index contributed by atoms with van der Waals surface area (Å²) in [4.78, 5) is 15.2. The van der Waals surface area contributed by atoms with Crippen molar-refractivity contribution in [2.75, 3.05) is 13.7 Å². The van der Waals surface area contributed by atoms with Crippen LogP contribution in [0.5, 0.6) is 5.75 Å². The van der Waals surface area contributed by atoms with Crippen LogP contribution in [0, 0.1) is 0 Å². The highest BCUT2D eigenvalue weighted by Gasteiger charge is 2.28. The van der Waals surface area contributed by atoms with E-state index in [2.05, 4.69) is 4.84 Å². The van der Waals surface area contributed by atoms with Gasteiger partial charge in [-0.1, -0.05) is 18.2 Å². The smallest absolute Gasteiger partial charge is 0.414 e. The first kappa shape index (κ1) is 15.0. The van der Waals surface area contributed by atoms with Gasteiger partial charge in [-0.3, -0.25) is 9.63 Å². The maximum Gasteiger partial charge on any atom is 0.414 e. The molecule has 7 heteroatoms. The molecular weight excluding hydrogens is 263 g/mol. The van der Waals surface area contributed by atoms with Gasteiger partial charge in [0.1, 0.15) is 5.75 Å². The topological polar surface area (TPSA) is 47.6 Å². The van der Waals surface area contributed by atoms with Crippen LogP contribution in [-0.4, -0.2) is 25.8 Å². The number of nitrogens with one attached hydrogen (secondary N) is 1. The lowest BCUT2D eigenvalue weighted by Gasteiger charge is -2.06. The van der Waals surface area contributed by atoms with E-state index in [1.165, 1.54) is 13.2 Å². The third-order valence-corrected chi connectivity index (χ3v) is 1.96. The molecule has 1 amide bonds. The van der Waals surface area contributed by atoms with Gasteiger partial charge in [0.05, 0.1) is 7.11 Å². The molecule has 0 aliphatic carbocycles. The van der Waals surface area contributed by atoms with Crippen LogP contribution >= 0.6 is 0 Å². The molecule has 0 saturated carbocycles. The number of benzene rings is 1. The van der Waals surface area contributed by atoms with Crippen LogP contribution in [0.15, 0.2) is 30.3 Å². The van der Waals surface area contributed by atoms with Gasteiger partial charge < -0.3 is 4.74 Å². The summed E-state index contributed by atoms with van der Waals surface area (Å²) >= 11 is 0. The SMILES string of the molecule is COc1ccccc1/C=C/C(=O)NOCC(F)(F)F. The monoisotopic (exact) mass is 275 g/mol. The Morgan fingerprint density at radius 1 is 1.37 bits per heavy atom. The lowest BCUT2D eigenvalue weighted by atomic mass is 10.2. The van der Waals surface area contributed by atoms with E-state index in [9.17, 15) is 18.0 Å². The van der Waals surface area contributed by atoms with E-state index in [1.54, 1.807) is 29.7 Å². The molecular formula is C12H12F3NO3. The Kier molecular flexibility index (Phi) is 5.37. The van der Waals surface area contributed by atoms with Crippen molar-refractivity contribution >= 4 is 12.0 Å². The summed E-state index contributed by atoms with van der Waals surface area (Å²) in [6.45, 7) is -1.54. The molecule has 0 spiro atoms. The highest BCUT2D eigenvalue weighted by Crippen LogP contribution is 2.18. The molecule has 0 aliphatic rings. The number of halogens is 3. The van der Waals surface area contributed by atoms with Crippen molar-refractivity contribution in [2.45, 2.75) is 6.18 Å². The van der Waals surface area contributed by atoms with E-state index in [0.29, 0.717) is 11.3 Å². The molecule has 0 unspecified atom stereocenters. The number of para-hydroxylation sites is 1. The molecule has 104 valence electrons. The Morgan fingerprint density at radius 3 is 2.68 bits per heavy atom. The number of carbonyl (C=O) groups is 1. The van der Waals surface area contributed by atoms with Crippen molar-refractivity contribution in [2.24, 2.45) is 0 Å². The minimum Gasteiger partial charge on any atom is -0.496 e. The van der Waals surface area contributed by atoms with Gasteiger partial charge in [-0.25, -0.2) is 5.48 Å². The number of ether oxygens (including phenoxy) is 1. The number of carbonyl (C=O) groups excluding carboxylic acids is 1. The highest BCUT2D eigenvalue weighted by molar-refractivity contribution is 5.91. The number of hydrogen-bond donors (Lipinski definition) is 1. The average molecular weight is 275 g/mol. The fraction of sp³-hybridized carbons (Fsp3) is 0.250. The fourth-order valence-electron chi connectivity index (χ4n) is 1.19. The number of rotatable bonds is 5. The molecule has 1 N–H and O–H groups in total. The largest absolute Gasteiger partial charge is 0.496 e. The molecule has 0 heterocycles. The van der Waals surface area contributed by atoms with E-state index in [-0.39, 0.29) is 0 Å². The lowest BCUT2D eigenvalue weighted by Crippen LogP contribution is -2.28. The molecule has 19 heavy (non-hydrogen) atoms. The summed E-state index contributed by atoms with van der Waals surface area (Å²) < 4.78 is 40.3. The predicted molar refractivity (Wildman–Crippen MR) is 62.2 cm³/mol. The van der Waals surface area contributed by atoms with E-state index in [0.717, 1.165) is 6.08 Å². The second-order valence-corrected chi connectivity index (χ2v) is 3.45. The van der Waals surface area contributed by atoms with Crippen LogP contribution in [0.3, 0.4) is 0 Å².